The lowest BCUT2D eigenvalue weighted by Gasteiger charge is -2.18. The van der Waals surface area contributed by atoms with E-state index >= 15 is 0 Å². The van der Waals surface area contributed by atoms with Crippen LogP contribution in [0.15, 0.2) is 42.7 Å². The zero-order chi connectivity index (χ0) is 28.1. The number of hydrogen-bond donors (Lipinski definition) is 3. The van der Waals surface area contributed by atoms with Crippen molar-refractivity contribution in [1.29, 1.82) is 0 Å². The molecule has 4 rings (SSSR count). The van der Waals surface area contributed by atoms with Gasteiger partial charge in [0.15, 0.2) is 11.6 Å². The van der Waals surface area contributed by atoms with Crippen molar-refractivity contribution < 1.29 is 28.6 Å². The molecule has 0 saturated heterocycles. The van der Waals surface area contributed by atoms with Gasteiger partial charge >= 0.3 is 12.1 Å². The molecule has 3 amide bonds. The molecule has 0 saturated carbocycles. The molecule has 0 aliphatic carbocycles. The van der Waals surface area contributed by atoms with E-state index in [9.17, 15) is 19.1 Å². The number of rotatable bonds is 10. The highest BCUT2D eigenvalue weighted by atomic mass is 32.1. The average Bonchev–Trinajstić information content (AvgIpc) is 3.46. The van der Waals surface area contributed by atoms with Crippen LogP contribution in [0.5, 0.6) is 11.5 Å². The van der Waals surface area contributed by atoms with Gasteiger partial charge in [-0.05, 0) is 32.0 Å². The van der Waals surface area contributed by atoms with Crippen LogP contribution >= 0.6 is 11.3 Å². The number of ether oxygens (including phenoxy) is 2. The van der Waals surface area contributed by atoms with Gasteiger partial charge in [-0.2, -0.15) is 0 Å². The molecule has 0 spiro atoms. The van der Waals surface area contributed by atoms with E-state index in [0.717, 1.165) is 4.88 Å². The van der Waals surface area contributed by atoms with Gasteiger partial charge in [-0.25, -0.2) is 19.0 Å². The number of carbonyl (C=O) groups is 2. The van der Waals surface area contributed by atoms with E-state index in [1.54, 1.807) is 24.5 Å². The van der Waals surface area contributed by atoms with E-state index in [1.165, 1.54) is 35.5 Å². The first-order valence-electron chi connectivity index (χ1n) is 12.1. The molecule has 4 aromatic rings. The Hall–Kier alpha value is -4.23. The third kappa shape index (κ3) is 6.62. The SMILES string of the molecule is COCCN(Cc1cnc(-c2cc3nccc(Oc4ccc(NC(=O)NC(C)C)cc4F)c3s2)n1C)C(=O)O. The number of urea groups is 1. The lowest BCUT2D eigenvalue weighted by molar-refractivity contribution is 0.114. The molecule has 206 valence electrons. The Morgan fingerprint density at radius 3 is 2.69 bits per heavy atom. The number of aromatic nitrogens is 3. The highest BCUT2D eigenvalue weighted by Crippen LogP contribution is 2.39. The highest BCUT2D eigenvalue weighted by Gasteiger charge is 2.19. The number of hydrogen-bond acceptors (Lipinski definition) is 7. The highest BCUT2D eigenvalue weighted by molar-refractivity contribution is 7.22. The summed E-state index contributed by atoms with van der Waals surface area (Å²) in [5, 5.41) is 14.8. The van der Waals surface area contributed by atoms with Gasteiger partial charge in [0.25, 0.3) is 0 Å². The number of imidazole rings is 1. The van der Waals surface area contributed by atoms with Crippen LogP contribution in [0.3, 0.4) is 0 Å². The normalized spacial score (nSPS) is 11.1. The second kappa shape index (κ2) is 12.1. The third-order valence-electron chi connectivity index (χ3n) is 5.70. The fourth-order valence-corrected chi connectivity index (χ4v) is 4.87. The second-order valence-corrected chi connectivity index (χ2v) is 10.0. The van der Waals surface area contributed by atoms with Crippen LogP contribution < -0.4 is 15.4 Å². The predicted octanol–water partition coefficient (Wildman–Crippen LogP) is 5.28. The zero-order valence-corrected chi connectivity index (χ0v) is 22.7. The van der Waals surface area contributed by atoms with Crippen molar-refractivity contribution in [3.05, 3.63) is 54.2 Å². The summed E-state index contributed by atoms with van der Waals surface area (Å²) < 4.78 is 28.3. The molecular formula is C26H29FN6O5S. The summed E-state index contributed by atoms with van der Waals surface area (Å²) >= 11 is 1.38. The van der Waals surface area contributed by atoms with Crippen LogP contribution in [0.25, 0.3) is 20.9 Å². The van der Waals surface area contributed by atoms with Gasteiger partial charge in [-0.1, -0.05) is 0 Å². The molecule has 0 aliphatic rings. The molecule has 13 heteroatoms. The molecule has 0 fully saturated rings. The van der Waals surface area contributed by atoms with Crippen LogP contribution in [0, 0.1) is 5.82 Å². The second-order valence-electron chi connectivity index (χ2n) is 8.96. The van der Waals surface area contributed by atoms with Crippen LogP contribution in [0.1, 0.15) is 19.5 Å². The summed E-state index contributed by atoms with van der Waals surface area (Å²) in [5.74, 6) is 0.414. The number of amides is 3. The number of halogens is 1. The fraction of sp³-hybridized carbons (Fsp3) is 0.308. The largest absolute Gasteiger partial charge is 0.465 e. The van der Waals surface area contributed by atoms with Gasteiger partial charge in [0.05, 0.1) is 40.1 Å². The number of nitrogens with one attached hydrogen (secondary N) is 2. The van der Waals surface area contributed by atoms with Crippen LogP contribution in [-0.2, 0) is 18.3 Å². The van der Waals surface area contributed by atoms with Crippen molar-refractivity contribution in [2.75, 3.05) is 25.6 Å². The van der Waals surface area contributed by atoms with E-state index in [2.05, 4.69) is 20.6 Å². The Kier molecular flexibility index (Phi) is 8.62. The summed E-state index contributed by atoms with van der Waals surface area (Å²) in [6, 6.07) is 7.21. The Morgan fingerprint density at radius 2 is 2.00 bits per heavy atom. The Labute approximate surface area is 228 Å². The first-order valence-corrected chi connectivity index (χ1v) is 12.9. The molecule has 0 aliphatic heterocycles. The monoisotopic (exact) mass is 556 g/mol. The summed E-state index contributed by atoms with van der Waals surface area (Å²) in [4.78, 5) is 34.5. The molecule has 0 bridgehead atoms. The minimum Gasteiger partial charge on any atom is -0.465 e. The molecule has 39 heavy (non-hydrogen) atoms. The number of carbonyl (C=O) groups excluding carboxylic acids is 1. The van der Waals surface area contributed by atoms with Crippen molar-refractivity contribution in [3.8, 4) is 22.2 Å². The third-order valence-corrected chi connectivity index (χ3v) is 6.83. The minimum atomic E-state index is -1.04. The van der Waals surface area contributed by atoms with Crippen molar-refractivity contribution in [3.63, 3.8) is 0 Å². The van der Waals surface area contributed by atoms with Gasteiger partial charge < -0.3 is 34.7 Å². The van der Waals surface area contributed by atoms with Crippen molar-refractivity contribution in [1.82, 2.24) is 24.8 Å². The van der Waals surface area contributed by atoms with E-state index in [0.29, 0.717) is 33.2 Å². The number of fused-ring (bicyclic) bond motifs is 1. The number of methoxy groups -OCH3 is 1. The number of thiophene rings is 1. The summed E-state index contributed by atoms with van der Waals surface area (Å²) in [5.41, 5.74) is 1.65. The molecule has 3 heterocycles. The molecule has 3 aromatic heterocycles. The first kappa shape index (κ1) is 27.8. The molecule has 11 nitrogen and oxygen atoms in total. The predicted molar refractivity (Wildman–Crippen MR) is 146 cm³/mol. The Morgan fingerprint density at radius 1 is 1.21 bits per heavy atom. The van der Waals surface area contributed by atoms with Gasteiger partial charge in [-0.15, -0.1) is 11.3 Å². The maximum Gasteiger partial charge on any atom is 0.407 e. The topological polar surface area (TPSA) is 131 Å². The quantitative estimate of drug-likeness (QED) is 0.242. The summed E-state index contributed by atoms with van der Waals surface area (Å²) in [7, 11) is 3.33. The van der Waals surface area contributed by atoms with Gasteiger partial charge in [-0.3, -0.25) is 4.98 Å². The lowest BCUT2D eigenvalue weighted by atomic mass is 10.3. The average molecular weight is 557 g/mol. The van der Waals surface area contributed by atoms with Gasteiger partial charge in [0.2, 0.25) is 0 Å². The number of benzene rings is 1. The minimum absolute atomic E-state index is 0.00336. The molecule has 1 aromatic carbocycles. The molecule has 0 atom stereocenters. The number of nitrogens with zero attached hydrogens (tertiary/aromatic N) is 4. The number of anilines is 1. The molecule has 0 unspecified atom stereocenters. The fourth-order valence-electron chi connectivity index (χ4n) is 3.77. The summed E-state index contributed by atoms with van der Waals surface area (Å²) in [6.45, 7) is 4.33. The van der Waals surface area contributed by atoms with Gasteiger partial charge in [0, 0.05) is 50.8 Å². The first-order chi connectivity index (χ1) is 18.7. The molecule has 3 N–H and O–H groups in total. The van der Waals surface area contributed by atoms with E-state index in [1.807, 2.05) is 31.5 Å². The van der Waals surface area contributed by atoms with Crippen molar-refractivity contribution in [2.45, 2.75) is 26.4 Å². The maximum atomic E-state index is 14.8. The lowest BCUT2D eigenvalue weighted by Crippen LogP contribution is -2.34. The number of pyridine rings is 1. The van der Waals surface area contributed by atoms with Crippen molar-refractivity contribution in [2.24, 2.45) is 7.05 Å². The standard InChI is InChI=1S/C26H29FN6O5S/c1-15(2)30-25(34)31-16-5-6-20(18(27)11-16)38-21-7-8-28-19-12-22(39-23(19)21)24-29-13-17(32(24)3)14-33(26(35)36)9-10-37-4/h5-8,11-13,15H,9-10,14H2,1-4H3,(H,35,36)(H2,30,31,34). The van der Waals surface area contributed by atoms with Crippen molar-refractivity contribution >= 4 is 39.4 Å². The van der Waals surface area contributed by atoms with E-state index < -0.39 is 17.9 Å². The summed E-state index contributed by atoms with van der Waals surface area (Å²) in [6.07, 6.45) is 2.17. The van der Waals surface area contributed by atoms with E-state index in [-0.39, 0.29) is 31.5 Å². The Bertz CT molecular complexity index is 1490. The Balaban J connectivity index is 1.55. The maximum absolute atomic E-state index is 14.8. The van der Waals surface area contributed by atoms with E-state index in [4.69, 9.17) is 9.47 Å². The van der Waals surface area contributed by atoms with Crippen LogP contribution in [0.2, 0.25) is 0 Å². The van der Waals surface area contributed by atoms with Crippen LogP contribution in [-0.4, -0.2) is 63.0 Å². The molecular weight excluding hydrogens is 527 g/mol. The smallest absolute Gasteiger partial charge is 0.407 e. The zero-order valence-electron chi connectivity index (χ0n) is 21.9. The molecule has 0 radical (unpaired) electrons. The number of carboxylic acid groups (broad SMARTS) is 1. The van der Waals surface area contributed by atoms with Gasteiger partial charge in [0.1, 0.15) is 11.6 Å². The van der Waals surface area contributed by atoms with Crippen LogP contribution in [0.4, 0.5) is 19.7 Å².